The van der Waals surface area contributed by atoms with Crippen molar-refractivity contribution in [3.8, 4) is 5.75 Å². The van der Waals surface area contributed by atoms with Gasteiger partial charge in [0.25, 0.3) is 5.91 Å². The molecule has 6 heteroatoms. The summed E-state index contributed by atoms with van der Waals surface area (Å²) in [5, 5.41) is 0. The minimum atomic E-state index is -1.04. The fraction of sp³-hybridized carbons (Fsp3) is 0.333. The molecule has 6 nitrogen and oxygen atoms in total. The maximum Gasteiger partial charge on any atom is 0.422 e. The van der Waals surface area contributed by atoms with Crippen LogP contribution in [-0.2, 0) is 16.1 Å². The molecule has 2 fully saturated rings. The molecule has 27 heavy (non-hydrogen) atoms. The summed E-state index contributed by atoms with van der Waals surface area (Å²) in [5.41, 5.74) is 0.710. The van der Waals surface area contributed by atoms with Crippen LogP contribution < -0.4 is 9.64 Å². The summed E-state index contributed by atoms with van der Waals surface area (Å²) in [4.78, 5) is 28.9. The van der Waals surface area contributed by atoms with Crippen molar-refractivity contribution in [2.75, 3.05) is 25.1 Å². The van der Waals surface area contributed by atoms with Crippen molar-refractivity contribution in [2.24, 2.45) is 0 Å². The lowest BCUT2D eigenvalue weighted by Crippen LogP contribution is -2.49. The molecule has 0 aliphatic carbocycles. The van der Waals surface area contributed by atoms with E-state index in [1.807, 2.05) is 18.2 Å². The maximum absolute atomic E-state index is 13.0. The van der Waals surface area contributed by atoms with Gasteiger partial charge in [0.15, 0.2) is 5.60 Å². The topological polar surface area (TPSA) is 59.1 Å². The number of benzene rings is 2. The number of imide groups is 1. The van der Waals surface area contributed by atoms with Gasteiger partial charge in [-0.1, -0.05) is 30.3 Å². The Morgan fingerprint density at radius 3 is 2.30 bits per heavy atom. The standard InChI is InChI=1S/C21H22N2O4/c1-26-18-9-7-17(8-10-18)23-19(24)21(27-20(23)25)11-13-22(14-12-21)15-16-5-3-2-4-6-16/h2-10H,11-15H2,1H3. The fourth-order valence-corrected chi connectivity index (χ4v) is 3.73. The smallest absolute Gasteiger partial charge is 0.422 e. The van der Waals surface area contributed by atoms with E-state index in [4.69, 9.17) is 9.47 Å². The highest BCUT2D eigenvalue weighted by Gasteiger charge is 2.55. The zero-order valence-corrected chi connectivity index (χ0v) is 15.3. The van der Waals surface area contributed by atoms with E-state index in [1.165, 1.54) is 5.56 Å². The van der Waals surface area contributed by atoms with Crippen molar-refractivity contribution in [3.63, 3.8) is 0 Å². The molecule has 0 aromatic heterocycles. The Hall–Kier alpha value is -2.86. The Morgan fingerprint density at radius 1 is 1.00 bits per heavy atom. The Morgan fingerprint density at radius 2 is 1.67 bits per heavy atom. The van der Waals surface area contributed by atoms with Gasteiger partial charge >= 0.3 is 6.09 Å². The number of ether oxygens (including phenoxy) is 2. The van der Waals surface area contributed by atoms with E-state index in [0.717, 1.165) is 11.4 Å². The summed E-state index contributed by atoms with van der Waals surface area (Å²) in [6.07, 6.45) is 0.426. The molecule has 2 aromatic rings. The van der Waals surface area contributed by atoms with Crippen LogP contribution in [0.3, 0.4) is 0 Å². The minimum Gasteiger partial charge on any atom is -0.497 e. The summed E-state index contributed by atoms with van der Waals surface area (Å²) in [5.74, 6) is 0.403. The molecule has 0 saturated carbocycles. The Balaban J connectivity index is 1.45. The highest BCUT2D eigenvalue weighted by atomic mass is 16.6. The lowest BCUT2D eigenvalue weighted by Gasteiger charge is -2.36. The molecule has 0 bridgehead atoms. The number of carbonyl (C=O) groups is 2. The van der Waals surface area contributed by atoms with E-state index < -0.39 is 11.7 Å². The molecule has 0 radical (unpaired) electrons. The van der Waals surface area contributed by atoms with Crippen LogP contribution in [0.1, 0.15) is 18.4 Å². The number of carbonyl (C=O) groups excluding carboxylic acids is 2. The number of amides is 2. The number of likely N-dealkylation sites (tertiary alicyclic amines) is 1. The fourth-order valence-electron chi connectivity index (χ4n) is 3.73. The molecule has 2 aliphatic heterocycles. The van der Waals surface area contributed by atoms with Crippen molar-refractivity contribution in [2.45, 2.75) is 25.0 Å². The maximum atomic E-state index is 13.0. The highest BCUT2D eigenvalue weighted by Crippen LogP contribution is 2.37. The summed E-state index contributed by atoms with van der Waals surface area (Å²) < 4.78 is 10.7. The van der Waals surface area contributed by atoms with Gasteiger partial charge in [0, 0.05) is 32.5 Å². The predicted molar refractivity (Wildman–Crippen MR) is 101 cm³/mol. The number of piperidine rings is 1. The zero-order valence-electron chi connectivity index (χ0n) is 15.3. The van der Waals surface area contributed by atoms with Gasteiger partial charge in [-0.3, -0.25) is 9.69 Å². The van der Waals surface area contributed by atoms with E-state index in [2.05, 4.69) is 17.0 Å². The highest BCUT2D eigenvalue weighted by molar-refractivity contribution is 6.20. The zero-order chi connectivity index (χ0) is 18.9. The SMILES string of the molecule is COc1ccc(N2C(=O)OC3(CCN(Cc4ccccc4)CC3)C2=O)cc1. The first-order valence-electron chi connectivity index (χ1n) is 9.09. The molecule has 0 atom stereocenters. The van der Waals surface area contributed by atoms with Gasteiger partial charge in [0.2, 0.25) is 0 Å². The number of nitrogens with zero attached hydrogens (tertiary/aromatic N) is 2. The molecule has 2 saturated heterocycles. The van der Waals surface area contributed by atoms with Gasteiger partial charge in [0.1, 0.15) is 5.75 Å². The van der Waals surface area contributed by atoms with Gasteiger partial charge in [-0.15, -0.1) is 0 Å². The molecule has 2 aromatic carbocycles. The molecular weight excluding hydrogens is 344 g/mol. The quantitative estimate of drug-likeness (QED) is 0.832. The molecule has 2 amide bonds. The van der Waals surface area contributed by atoms with E-state index in [-0.39, 0.29) is 5.91 Å². The summed E-state index contributed by atoms with van der Waals surface area (Å²) in [6, 6.07) is 17.1. The number of methoxy groups -OCH3 is 1. The lowest BCUT2D eigenvalue weighted by molar-refractivity contribution is -0.134. The average Bonchev–Trinajstić information content (AvgIpc) is 2.94. The van der Waals surface area contributed by atoms with Crippen LogP contribution in [-0.4, -0.2) is 42.7 Å². The summed E-state index contributed by atoms with van der Waals surface area (Å²) in [6.45, 7) is 2.26. The Kier molecular flexibility index (Phi) is 4.58. The molecule has 4 rings (SSSR count). The first-order valence-corrected chi connectivity index (χ1v) is 9.09. The number of rotatable bonds is 4. The first-order chi connectivity index (χ1) is 13.1. The monoisotopic (exact) mass is 366 g/mol. The largest absolute Gasteiger partial charge is 0.497 e. The molecule has 0 unspecified atom stereocenters. The van der Waals surface area contributed by atoms with Crippen molar-refractivity contribution in [3.05, 3.63) is 60.2 Å². The average molecular weight is 366 g/mol. The van der Waals surface area contributed by atoms with Gasteiger partial charge < -0.3 is 9.47 Å². The Labute approximate surface area is 158 Å². The number of hydrogen-bond donors (Lipinski definition) is 0. The minimum absolute atomic E-state index is 0.267. The summed E-state index contributed by atoms with van der Waals surface area (Å²) in [7, 11) is 1.57. The van der Waals surface area contributed by atoms with Gasteiger partial charge in [-0.25, -0.2) is 9.69 Å². The van der Waals surface area contributed by atoms with E-state index >= 15 is 0 Å². The van der Waals surface area contributed by atoms with Crippen LogP contribution in [0, 0.1) is 0 Å². The van der Waals surface area contributed by atoms with Crippen LogP contribution in [0.15, 0.2) is 54.6 Å². The third-order valence-corrected chi connectivity index (χ3v) is 5.30. The third-order valence-electron chi connectivity index (χ3n) is 5.30. The van der Waals surface area contributed by atoms with Crippen LogP contribution in [0.25, 0.3) is 0 Å². The predicted octanol–water partition coefficient (Wildman–Crippen LogP) is 3.21. The van der Waals surface area contributed by atoms with Gasteiger partial charge in [-0.05, 0) is 29.8 Å². The second-order valence-electron chi connectivity index (χ2n) is 6.96. The third kappa shape index (κ3) is 3.28. The second kappa shape index (κ2) is 7.04. The van der Waals surface area contributed by atoms with Crippen LogP contribution in [0.4, 0.5) is 10.5 Å². The molecule has 0 N–H and O–H groups in total. The van der Waals surface area contributed by atoms with E-state index in [1.54, 1.807) is 31.4 Å². The normalized spacial score (nSPS) is 19.4. The van der Waals surface area contributed by atoms with Crippen molar-refractivity contribution in [1.29, 1.82) is 0 Å². The molecule has 2 aliphatic rings. The molecule has 2 heterocycles. The molecular formula is C21H22N2O4. The summed E-state index contributed by atoms with van der Waals surface area (Å²) >= 11 is 0. The Bertz CT molecular complexity index is 827. The number of anilines is 1. The second-order valence-corrected chi connectivity index (χ2v) is 6.96. The van der Waals surface area contributed by atoms with Crippen molar-refractivity contribution in [1.82, 2.24) is 4.90 Å². The van der Waals surface area contributed by atoms with Gasteiger partial charge in [-0.2, -0.15) is 0 Å². The lowest BCUT2D eigenvalue weighted by atomic mass is 9.90. The van der Waals surface area contributed by atoms with Crippen molar-refractivity contribution >= 4 is 17.7 Å². The molecule has 1 spiro atoms. The first kappa shape index (κ1) is 17.5. The van der Waals surface area contributed by atoms with Gasteiger partial charge in [0.05, 0.1) is 12.8 Å². The van der Waals surface area contributed by atoms with Crippen LogP contribution >= 0.6 is 0 Å². The van der Waals surface area contributed by atoms with E-state index in [0.29, 0.717) is 37.4 Å². The van der Waals surface area contributed by atoms with E-state index in [9.17, 15) is 9.59 Å². The molecule has 140 valence electrons. The number of hydrogen-bond acceptors (Lipinski definition) is 5. The van der Waals surface area contributed by atoms with Crippen LogP contribution in [0.2, 0.25) is 0 Å². The van der Waals surface area contributed by atoms with Crippen LogP contribution in [0.5, 0.6) is 5.75 Å². The van der Waals surface area contributed by atoms with Crippen molar-refractivity contribution < 1.29 is 19.1 Å².